The Bertz CT molecular complexity index is 605. The van der Waals surface area contributed by atoms with Crippen LogP contribution in [0.15, 0.2) is 42.7 Å². The van der Waals surface area contributed by atoms with Crippen LogP contribution in [0.2, 0.25) is 5.02 Å². The highest BCUT2D eigenvalue weighted by Gasteiger charge is 2.17. The predicted octanol–water partition coefficient (Wildman–Crippen LogP) is 3.49. The third-order valence-corrected chi connectivity index (χ3v) is 3.41. The summed E-state index contributed by atoms with van der Waals surface area (Å²) in [5, 5.41) is 14.6. The van der Waals surface area contributed by atoms with Crippen LogP contribution in [0.1, 0.15) is 24.1 Å². The zero-order valence-electron chi connectivity index (χ0n) is 10.9. The maximum Gasteiger partial charge on any atom is 0.275 e. The molecular weight excluding hydrogens is 278 g/mol. The first-order chi connectivity index (χ1) is 9.59. The lowest BCUT2D eigenvalue weighted by atomic mass is 10.1. The molecule has 0 fully saturated rings. The second-order valence-electron chi connectivity index (χ2n) is 4.38. The summed E-state index contributed by atoms with van der Waals surface area (Å²) in [4.78, 5) is 14.6. The fourth-order valence-electron chi connectivity index (χ4n) is 1.90. The van der Waals surface area contributed by atoms with Crippen molar-refractivity contribution in [3.63, 3.8) is 0 Å². The molecule has 1 heterocycles. The van der Waals surface area contributed by atoms with E-state index in [0.29, 0.717) is 17.1 Å². The second-order valence-corrected chi connectivity index (χ2v) is 4.79. The zero-order valence-corrected chi connectivity index (χ0v) is 11.7. The van der Waals surface area contributed by atoms with Crippen molar-refractivity contribution >= 4 is 17.3 Å². The van der Waals surface area contributed by atoms with Gasteiger partial charge in [-0.25, -0.2) is 0 Å². The number of benzene rings is 1. The van der Waals surface area contributed by atoms with Gasteiger partial charge in [0.1, 0.15) is 0 Å². The van der Waals surface area contributed by atoms with Crippen LogP contribution in [0.25, 0.3) is 0 Å². The molecule has 0 aliphatic rings. The van der Waals surface area contributed by atoms with Crippen molar-refractivity contribution in [2.45, 2.75) is 19.5 Å². The Labute approximate surface area is 121 Å². The summed E-state index contributed by atoms with van der Waals surface area (Å²) in [6, 6.07) is 8.52. The van der Waals surface area contributed by atoms with Crippen molar-refractivity contribution in [2.24, 2.45) is 0 Å². The third-order valence-electron chi connectivity index (χ3n) is 3.06. The fraction of sp³-hybridized carbons (Fsp3) is 0.214. The van der Waals surface area contributed by atoms with Crippen LogP contribution in [0.4, 0.5) is 5.69 Å². The molecule has 1 atom stereocenters. The topological polar surface area (TPSA) is 68.1 Å². The molecule has 1 aromatic carbocycles. The number of pyridine rings is 1. The number of hydrogen-bond donors (Lipinski definition) is 1. The van der Waals surface area contributed by atoms with Gasteiger partial charge in [-0.1, -0.05) is 23.7 Å². The standard InChI is InChI=1S/C14H14ClN3O2/c1-10(11-4-3-7-16-8-11)17-9-12-13(15)5-2-6-14(12)18(19)20/h2-8,10,17H,9H2,1H3/t10-/m0/s1. The molecular formula is C14H14ClN3O2. The average Bonchev–Trinajstić information content (AvgIpc) is 2.46. The molecule has 2 rings (SSSR count). The first kappa shape index (κ1) is 14.4. The van der Waals surface area contributed by atoms with Gasteiger partial charge in [0.05, 0.1) is 15.5 Å². The maximum absolute atomic E-state index is 11.0. The highest BCUT2D eigenvalue weighted by Crippen LogP contribution is 2.26. The van der Waals surface area contributed by atoms with Gasteiger partial charge in [-0.2, -0.15) is 0 Å². The molecule has 0 aliphatic carbocycles. The van der Waals surface area contributed by atoms with Gasteiger partial charge in [-0.3, -0.25) is 15.1 Å². The van der Waals surface area contributed by atoms with Gasteiger partial charge in [0.15, 0.2) is 0 Å². The number of halogens is 1. The van der Waals surface area contributed by atoms with Gasteiger partial charge < -0.3 is 5.32 Å². The number of rotatable bonds is 5. The number of nitrogens with one attached hydrogen (secondary N) is 1. The van der Waals surface area contributed by atoms with Crippen LogP contribution in [0, 0.1) is 10.1 Å². The molecule has 5 nitrogen and oxygen atoms in total. The van der Waals surface area contributed by atoms with Gasteiger partial charge in [0, 0.05) is 31.0 Å². The Morgan fingerprint density at radius 3 is 2.85 bits per heavy atom. The minimum atomic E-state index is -0.419. The summed E-state index contributed by atoms with van der Waals surface area (Å²) < 4.78 is 0. The molecule has 0 radical (unpaired) electrons. The summed E-state index contributed by atoms with van der Waals surface area (Å²) in [5.41, 5.74) is 1.54. The highest BCUT2D eigenvalue weighted by molar-refractivity contribution is 6.31. The molecule has 0 saturated carbocycles. The van der Waals surface area contributed by atoms with Crippen LogP contribution in [-0.4, -0.2) is 9.91 Å². The van der Waals surface area contributed by atoms with Crippen molar-refractivity contribution < 1.29 is 4.92 Å². The lowest BCUT2D eigenvalue weighted by Gasteiger charge is -2.14. The normalized spacial score (nSPS) is 12.1. The molecule has 20 heavy (non-hydrogen) atoms. The molecule has 2 aromatic rings. The first-order valence-corrected chi connectivity index (χ1v) is 6.52. The lowest BCUT2D eigenvalue weighted by Crippen LogP contribution is -2.19. The first-order valence-electron chi connectivity index (χ1n) is 6.14. The van der Waals surface area contributed by atoms with E-state index in [2.05, 4.69) is 10.3 Å². The number of hydrogen-bond acceptors (Lipinski definition) is 4. The van der Waals surface area contributed by atoms with Crippen molar-refractivity contribution in [2.75, 3.05) is 0 Å². The molecule has 104 valence electrons. The number of nitro groups is 1. The van der Waals surface area contributed by atoms with E-state index in [9.17, 15) is 10.1 Å². The quantitative estimate of drug-likeness (QED) is 0.676. The third kappa shape index (κ3) is 3.31. The van der Waals surface area contributed by atoms with E-state index < -0.39 is 4.92 Å². The number of aromatic nitrogens is 1. The molecule has 0 spiro atoms. The summed E-state index contributed by atoms with van der Waals surface area (Å²) in [5.74, 6) is 0. The summed E-state index contributed by atoms with van der Waals surface area (Å²) in [7, 11) is 0. The smallest absolute Gasteiger partial charge is 0.275 e. The number of nitro benzene ring substituents is 1. The lowest BCUT2D eigenvalue weighted by molar-refractivity contribution is -0.385. The minimum absolute atomic E-state index is 0.0274. The average molecular weight is 292 g/mol. The van der Waals surface area contributed by atoms with E-state index in [0.717, 1.165) is 5.56 Å². The van der Waals surface area contributed by atoms with Crippen LogP contribution in [0.5, 0.6) is 0 Å². The largest absolute Gasteiger partial charge is 0.306 e. The summed E-state index contributed by atoms with van der Waals surface area (Å²) >= 11 is 6.05. The minimum Gasteiger partial charge on any atom is -0.306 e. The molecule has 1 aromatic heterocycles. The Morgan fingerprint density at radius 1 is 1.40 bits per heavy atom. The summed E-state index contributed by atoms with van der Waals surface area (Å²) in [6.07, 6.45) is 3.47. The molecule has 6 heteroatoms. The van der Waals surface area contributed by atoms with E-state index in [1.165, 1.54) is 6.07 Å². The van der Waals surface area contributed by atoms with Crippen molar-refractivity contribution in [3.05, 3.63) is 69.0 Å². The molecule has 0 aliphatic heterocycles. The molecule has 0 bridgehead atoms. The monoisotopic (exact) mass is 291 g/mol. The van der Waals surface area contributed by atoms with Crippen LogP contribution in [0.3, 0.4) is 0 Å². The van der Waals surface area contributed by atoms with Crippen LogP contribution < -0.4 is 5.32 Å². The Morgan fingerprint density at radius 2 is 2.20 bits per heavy atom. The Balaban J connectivity index is 2.13. The van der Waals surface area contributed by atoms with E-state index in [4.69, 9.17) is 11.6 Å². The van der Waals surface area contributed by atoms with Crippen molar-refractivity contribution in [3.8, 4) is 0 Å². The zero-order chi connectivity index (χ0) is 14.5. The van der Waals surface area contributed by atoms with Gasteiger partial charge in [-0.15, -0.1) is 0 Å². The van der Waals surface area contributed by atoms with E-state index in [-0.39, 0.29) is 11.7 Å². The second kappa shape index (κ2) is 6.45. The van der Waals surface area contributed by atoms with E-state index >= 15 is 0 Å². The molecule has 0 unspecified atom stereocenters. The molecule has 0 saturated heterocycles. The Kier molecular flexibility index (Phi) is 4.65. The maximum atomic E-state index is 11.0. The van der Waals surface area contributed by atoms with Crippen molar-refractivity contribution in [1.29, 1.82) is 0 Å². The van der Waals surface area contributed by atoms with Crippen LogP contribution >= 0.6 is 11.6 Å². The number of nitrogens with zero attached hydrogens (tertiary/aromatic N) is 2. The molecule has 1 N–H and O–H groups in total. The Hall–Kier alpha value is -1.98. The fourth-order valence-corrected chi connectivity index (χ4v) is 2.13. The van der Waals surface area contributed by atoms with Gasteiger partial charge in [-0.05, 0) is 24.6 Å². The van der Waals surface area contributed by atoms with Gasteiger partial charge in [0.25, 0.3) is 5.69 Å². The SMILES string of the molecule is C[C@H](NCc1c(Cl)cccc1[N+](=O)[O-])c1cccnc1. The highest BCUT2D eigenvalue weighted by atomic mass is 35.5. The van der Waals surface area contributed by atoms with Gasteiger partial charge >= 0.3 is 0 Å². The van der Waals surface area contributed by atoms with E-state index in [1.807, 2.05) is 19.1 Å². The molecule has 0 amide bonds. The predicted molar refractivity (Wildman–Crippen MR) is 77.6 cm³/mol. The van der Waals surface area contributed by atoms with E-state index in [1.54, 1.807) is 24.5 Å². The van der Waals surface area contributed by atoms with Gasteiger partial charge in [0.2, 0.25) is 0 Å². The van der Waals surface area contributed by atoms with Crippen LogP contribution in [-0.2, 0) is 6.54 Å². The summed E-state index contributed by atoms with van der Waals surface area (Å²) in [6.45, 7) is 2.30. The van der Waals surface area contributed by atoms with Crippen molar-refractivity contribution in [1.82, 2.24) is 10.3 Å².